The Balaban J connectivity index is 2.92. The van der Waals surface area contributed by atoms with E-state index >= 15 is 0 Å². The van der Waals surface area contributed by atoms with E-state index in [0.717, 1.165) is 17.0 Å². The lowest BCUT2D eigenvalue weighted by Gasteiger charge is -2.22. The molecule has 2 amide bonds. The van der Waals surface area contributed by atoms with Crippen molar-refractivity contribution >= 4 is 17.5 Å². The van der Waals surface area contributed by atoms with Crippen molar-refractivity contribution in [1.82, 2.24) is 5.32 Å². The van der Waals surface area contributed by atoms with Crippen LogP contribution in [0, 0.1) is 5.92 Å². The fourth-order valence-corrected chi connectivity index (χ4v) is 1.75. The van der Waals surface area contributed by atoms with Crippen LogP contribution in [0.25, 0.3) is 0 Å². The molecule has 1 aromatic rings. The largest absolute Gasteiger partial charge is 0.416 e. The molecule has 22 heavy (non-hydrogen) atoms. The van der Waals surface area contributed by atoms with Gasteiger partial charge in [-0.3, -0.25) is 9.59 Å². The number of anilines is 1. The van der Waals surface area contributed by atoms with Gasteiger partial charge in [-0.2, -0.15) is 13.2 Å². The van der Waals surface area contributed by atoms with Crippen molar-refractivity contribution in [1.29, 1.82) is 0 Å². The first-order valence-corrected chi connectivity index (χ1v) is 6.83. The first-order valence-electron chi connectivity index (χ1n) is 6.83. The Hall–Kier alpha value is -2.05. The third-order valence-electron chi connectivity index (χ3n) is 2.87. The Kier molecular flexibility index (Phi) is 5.96. The normalized spacial score (nSPS) is 11.4. The summed E-state index contributed by atoms with van der Waals surface area (Å²) in [7, 11) is 0. The molecule has 0 heterocycles. The van der Waals surface area contributed by atoms with Gasteiger partial charge in [0, 0.05) is 19.2 Å². The molecule has 1 N–H and O–H groups in total. The molecule has 0 bridgehead atoms. The zero-order valence-corrected chi connectivity index (χ0v) is 12.7. The van der Waals surface area contributed by atoms with E-state index in [0.29, 0.717) is 6.54 Å². The zero-order valence-electron chi connectivity index (χ0n) is 12.7. The predicted octanol–water partition coefficient (Wildman–Crippen LogP) is 2.83. The van der Waals surface area contributed by atoms with Crippen molar-refractivity contribution < 1.29 is 22.8 Å². The molecule has 1 aromatic carbocycles. The second-order valence-electron chi connectivity index (χ2n) is 5.35. The van der Waals surface area contributed by atoms with Gasteiger partial charge in [-0.25, -0.2) is 0 Å². The number of halogens is 3. The fourth-order valence-electron chi connectivity index (χ4n) is 1.75. The second-order valence-corrected chi connectivity index (χ2v) is 5.35. The van der Waals surface area contributed by atoms with Gasteiger partial charge in [-0.15, -0.1) is 0 Å². The minimum atomic E-state index is -4.50. The smallest absolute Gasteiger partial charge is 0.354 e. The zero-order chi connectivity index (χ0) is 16.9. The number of rotatable bonds is 5. The summed E-state index contributed by atoms with van der Waals surface area (Å²) in [6.45, 7) is 5.15. The number of carbonyl (C=O) groups excluding carboxylic acids is 2. The molecular weight excluding hydrogens is 297 g/mol. The number of amides is 2. The van der Waals surface area contributed by atoms with E-state index in [-0.39, 0.29) is 18.2 Å². The average Bonchev–Trinajstić information content (AvgIpc) is 2.41. The van der Waals surface area contributed by atoms with Crippen LogP contribution in [-0.4, -0.2) is 24.9 Å². The maximum atomic E-state index is 12.7. The van der Waals surface area contributed by atoms with Gasteiger partial charge in [0.15, 0.2) is 0 Å². The maximum absolute atomic E-state index is 12.7. The van der Waals surface area contributed by atoms with Crippen LogP contribution in [0.2, 0.25) is 0 Å². The number of carbonyl (C=O) groups is 2. The molecule has 0 aliphatic rings. The molecule has 1 rings (SSSR count). The molecule has 0 spiro atoms. The molecule has 0 atom stereocenters. The maximum Gasteiger partial charge on any atom is 0.416 e. The minimum Gasteiger partial charge on any atom is -0.354 e. The molecule has 0 fully saturated rings. The summed E-state index contributed by atoms with van der Waals surface area (Å²) in [5, 5.41) is 2.63. The van der Waals surface area contributed by atoms with Crippen molar-refractivity contribution in [3.8, 4) is 0 Å². The van der Waals surface area contributed by atoms with Gasteiger partial charge in [0.05, 0.1) is 5.56 Å². The molecular formula is C15H19F3N2O2. The van der Waals surface area contributed by atoms with Crippen LogP contribution in [-0.2, 0) is 15.8 Å². The lowest BCUT2D eigenvalue weighted by atomic mass is 10.1. The Bertz CT molecular complexity index is 542. The Morgan fingerprint density at radius 2 is 1.91 bits per heavy atom. The van der Waals surface area contributed by atoms with Gasteiger partial charge in [0.25, 0.3) is 0 Å². The van der Waals surface area contributed by atoms with Crippen LogP contribution in [0.1, 0.15) is 26.3 Å². The third kappa shape index (κ3) is 5.38. The summed E-state index contributed by atoms with van der Waals surface area (Å²) in [5.41, 5.74) is -0.819. The first-order chi connectivity index (χ1) is 10.1. The molecule has 0 aliphatic heterocycles. The predicted molar refractivity (Wildman–Crippen MR) is 77.3 cm³/mol. The summed E-state index contributed by atoms with van der Waals surface area (Å²) >= 11 is 0. The Morgan fingerprint density at radius 1 is 1.27 bits per heavy atom. The van der Waals surface area contributed by atoms with Gasteiger partial charge < -0.3 is 10.2 Å². The van der Waals surface area contributed by atoms with Crippen LogP contribution in [0.5, 0.6) is 0 Å². The highest BCUT2D eigenvalue weighted by atomic mass is 19.4. The van der Waals surface area contributed by atoms with E-state index in [1.807, 2.05) is 13.8 Å². The number of hydrogen-bond acceptors (Lipinski definition) is 2. The lowest BCUT2D eigenvalue weighted by molar-refractivity contribution is -0.137. The van der Waals surface area contributed by atoms with Crippen molar-refractivity contribution in [2.75, 3.05) is 18.0 Å². The van der Waals surface area contributed by atoms with Gasteiger partial charge in [0.2, 0.25) is 11.8 Å². The fraction of sp³-hybridized carbons (Fsp3) is 0.467. The molecule has 0 saturated carbocycles. The molecule has 0 saturated heterocycles. The summed E-state index contributed by atoms with van der Waals surface area (Å²) in [4.78, 5) is 24.5. The van der Waals surface area contributed by atoms with Crippen LogP contribution < -0.4 is 10.2 Å². The number of benzene rings is 1. The van der Waals surface area contributed by atoms with Crippen LogP contribution >= 0.6 is 0 Å². The first kappa shape index (κ1) is 18.0. The highest BCUT2D eigenvalue weighted by Gasteiger charge is 2.31. The molecule has 0 aromatic heterocycles. The van der Waals surface area contributed by atoms with E-state index in [9.17, 15) is 22.8 Å². The summed E-state index contributed by atoms with van der Waals surface area (Å²) in [6.07, 6.45) is -4.50. The van der Waals surface area contributed by atoms with Gasteiger partial charge in [-0.1, -0.05) is 19.9 Å². The molecule has 0 aliphatic carbocycles. The Morgan fingerprint density at radius 3 is 2.41 bits per heavy atom. The van der Waals surface area contributed by atoms with Crippen LogP contribution in [0.3, 0.4) is 0 Å². The molecule has 122 valence electrons. The van der Waals surface area contributed by atoms with Crippen LogP contribution in [0.4, 0.5) is 18.9 Å². The summed E-state index contributed by atoms with van der Waals surface area (Å²) < 4.78 is 38.2. The number of alkyl halides is 3. The summed E-state index contributed by atoms with van der Waals surface area (Å²) in [6, 6.07) is 4.35. The van der Waals surface area contributed by atoms with Crippen LogP contribution in [0.15, 0.2) is 24.3 Å². The van der Waals surface area contributed by atoms with Gasteiger partial charge in [0.1, 0.15) is 6.54 Å². The number of nitrogens with zero attached hydrogens (tertiary/aromatic N) is 1. The van der Waals surface area contributed by atoms with Crippen molar-refractivity contribution in [2.45, 2.75) is 26.9 Å². The average molecular weight is 316 g/mol. The number of hydrogen-bond donors (Lipinski definition) is 1. The SMILES string of the molecule is CC(=O)N(CC(=O)NCC(C)C)c1cccc(C(F)(F)F)c1. The van der Waals surface area contributed by atoms with Crippen molar-refractivity contribution in [3.05, 3.63) is 29.8 Å². The monoisotopic (exact) mass is 316 g/mol. The van der Waals surface area contributed by atoms with E-state index in [1.54, 1.807) is 0 Å². The van der Waals surface area contributed by atoms with E-state index in [4.69, 9.17) is 0 Å². The van der Waals surface area contributed by atoms with Gasteiger partial charge in [-0.05, 0) is 24.1 Å². The highest BCUT2D eigenvalue weighted by Crippen LogP contribution is 2.31. The summed E-state index contributed by atoms with van der Waals surface area (Å²) in [5.74, 6) is -0.677. The molecule has 0 radical (unpaired) electrons. The molecule has 0 unspecified atom stereocenters. The third-order valence-corrected chi connectivity index (χ3v) is 2.87. The second kappa shape index (κ2) is 7.29. The highest BCUT2D eigenvalue weighted by molar-refractivity contribution is 5.97. The molecule has 4 nitrogen and oxygen atoms in total. The van der Waals surface area contributed by atoms with Crippen molar-refractivity contribution in [2.24, 2.45) is 5.92 Å². The lowest BCUT2D eigenvalue weighted by Crippen LogP contribution is -2.41. The van der Waals surface area contributed by atoms with E-state index in [2.05, 4.69) is 5.32 Å². The quantitative estimate of drug-likeness (QED) is 0.908. The minimum absolute atomic E-state index is 0.0435. The topological polar surface area (TPSA) is 49.4 Å². The van der Waals surface area contributed by atoms with E-state index < -0.39 is 23.6 Å². The van der Waals surface area contributed by atoms with E-state index in [1.165, 1.54) is 19.1 Å². The number of nitrogens with one attached hydrogen (secondary N) is 1. The van der Waals surface area contributed by atoms with Crippen molar-refractivity contribution in [3.63, 3.8) is 0 Å². The molecule has 7 heteroatoms. The standard InChI is InChI=1S/C15H19F3N2O2/c1-10(2)8-19-14(22)9-20(11(3)21)13-6-4-5-12(7-13)15(16,17)18/h4-7,10H,8-9H2,1-3H3,(H,19,22). The van der Waals surface area contributed by atoms with Gasteiger partial charge >= 0.3 is 6.18 Å². The Labute approximate surface area is 127 Å².